The predicted molar refractivity (Wildman–Crippen MR) is 53.8 cm³/mol. The fourth-order valence-electron chi connectivity index (χ4n) is 2.29. The van der Waals surface area contributed by atoms with Crippen molar-refractivity contribution in [2.24, 2.45) is 0 Å². The fraction of sp³-hybridized carbons (Fsp3) is 0.417. The van der Waals surface area contributed by atoms with E-state index in [1.165, 1.54) is 5.56 Å². The molecule has 72 valence electrons. The molecular weight excluding hydrogens is 174 g/mol. The van der Waals surface area contributed by atoms with Gasteiger partial charge < -0.3 is 4.74 Å². The average molecular weight is 187 g/mol. The second-order valence-electron chi connectivity index (χ2n) is 3.84. The average Bonchev–Trinajstić information content (AvgIpc) is 2.53. The lowest BCUT2D eigenvalue weighted by Crippen LogP contribution is -2.22. The number of hydrogen-bond acceptors (Lipinski definition) is 2. The number of nitrogens with zero attached hydrogens (tertiary/aromatic N) is 1. The summed E-state index contributed by atoms with van der Waals surface area (Å²) >= 11 is 0. The molecule has 0 radical (unpaired) electrons. The topological polar surface area (TPSA) is 33.0 Å². The molecule has 14 heavy (non-hydrogen) atoms. The molecule has 0 saturated carbocycles. The second-order valence-corrected chi connectivity index (χ2v) is 3.84. The Morgan fingerprint density at radius 3 is 2.86 bits per heavy atom. The highest BCUT2D eigenvalue weighted by Gasteiger charge is 2.42. The van der Waals surface area contributed by atoms with E-state index >= 15 is 0 Å². The van der Waals surface area contributed by atoms with E-state index in [2.05, 4.69) is 19.1 Å². The fourth-order valence-corrected chi connectivity index (χ4v) is 2.29. The summed E-state index contributed by atoms with van der Waals surface area (Å²) in [6.07, 6.45) is 0.763. The molecule has 0 aromatic heterocycles. The lowest BCUT2D eigenvalue weighted by Gasteiger charge is -2.19. The number of fused-ring (bicyclic) bond motifs is 1. The molecule has 0 heterocycles. The molecule has 2 atom stereocenters. The SMILES string of the molecule is COC1(C#N)CC(C)c2ccccc21. The van der Waals surface area contributed by atoms with Crippen LogP contribution in [0.25, 0.3) is 0 Å². The molecule has 0 saturated heterocycles. The van der Waals surface area contributed by atoms with Gasteiger partial charge in [0.1, 0.15) is 6.07 Å². The molecule has 0 N–H and O–H groups in total. The van der Waals surface area contributed by atoms with Crippen LogP contribution in [0.2, 0.25) is 0 Å². The Balaban J connectivity index is 2.59. The van der Waals surface area contributed by atoms with Gasteiger partial charge in [0.05, 0.1) is 0 Å². The maximum atomic E-state index is 9.21. The molecule has 1 aliphatic carbocycles. The molecule has 1 aliphatic rings. The first-order valence-corrected chi connectivity index (χ1v) is 4.79. The van der Waals surface area contributed by atoms with E-state index in [1.54, 1.807) is 7.11 Å². The molecule has 0 aliphatic heterocycles. The second kappa shape index (κ2) is 3.11. The van der Waals surface area contributed by atoms with Gasteiger partial charge in [0.15, 0.2) is 5.60 Å². The first kappa shape index (κ1) is 9.23. The number of hydrogen-bond donors (Lipinski definition) is 0. The quantitative estimate of drug-likeness (QED) is 0.677. The highest BCUT2D eigenvalue weighted by Crippen LogP contribution is 2.45. The molecule has 2 heteroatoms. The number of nitriles is 1. The van der Waals surface area contributed by atoms with Crippen molar-refractivity contribution in [1.82, 2.24) is 0 Å². The summed E-state index contributed by atoms with van der Waals surface area (Å²) < 4.78 is 5.38. The number of methoxy groups -OCH3 is 1. The maximum Gasteiger partial charge on any atom is 0.180 e. The van der Waals surface area contributed by atoms with Gasteiger partial charge in [-0.15, -0.1) is 0 Å². The van der Waals surface area contributed by atoms with Crippen LogP contribution in [-0.4, -0.2) is 7.11 Å². The zero-order valence-electron chi connectivity index (χ0n) is 8.45. The molecule has 0 bridgehead atoms. The van der Waals surface area contributed by atoms with Gasteiger partial charge >= 0.3 is 0 Å². The zero-order chi connectivity index (χ0) is 10.2. The van der Waals surface area contributed by atoms with Crippen molar-refractivity contribution in [3.63, 3.8) is 0 Å². The van der Waals surface area contributed by atoms with Crippen molar-refractivity contribution in [2.75, 3.05) is 7.11 Å². The van der Waals surface area contributed by atoms with Gasteiger partial charge in [0, 0.05) is 19.1 Å². The minimum atomic E-state index is -0.712. The Bertz CT molecular complexity index is 394. The van der Waals surface area contributed by atoms with Gasteiger partial charge in [-0.3, -0.25) is 0 Å². The highest BCUT2D eigenvalue weighted by atomic mass is 16.5. The summed E-state index contributed by atoms with van der Waals surface area (Å²) in [4.78, 5) is 0. The summed E-state index contributed by atoms with van der Waals surface area (Å²) in [5.41, 5.74) is 1.57. The summed E-state index contributed by atoms with van der Waals surface area (Å²) in [5, 5.41) is 9.21. The third-order valence-electron chi connectivity index (χ3n) is 3.05. The van der Waals surface area contributed by atoms with E-state index in [1.807, 2.05) is 18.2 Å². The van der Waals surface area contributed by atoms with Crippen molar-refractivity contribution in [3.8, 4) is 6.07 Å². The molecule has 2 rings (SSSR count). The third kappa shape index (κ3) is 1.06. The minimum absolute atomic E-state index is 0.408. The van der Waals surface area contributed by atoms with E-state index in [9.17, 15) is 5.26 Å². The Hall–Kier alpha value is -1.33. The van der Waals surface area contributed by atoms with Gasteiger partial charge in [0.25, 0.3) is 0 Å². The van der Waals surface area contributed by atoms with Gasteiger partial charge in [-0.2, -0.15) is 5.26 Å². The van der Waals surface area contributed by atoms with Crippen molar-refractivity contribution in [2.45, 2.75) is 24.9 Å². The molecule has 2 nitrogen and oxygen atoms in total. The molecule has 1 aromatic rings. The van der Waals surface area contributed by atoms with Crippen LogP contribution < -0.4 is 0 Å². The monoisotopic (exact) mass is 187 g/mol. The number of ether oxygens (including phenoxy) is 1. The molecule has 1 aromatic carbocycles. The molecule has 2 unspecified atom stereocenters. The van der Waals surface area contributed by atoms with Crippen LogP contribution in [0.1, 0.15) is 30.4 Å². The normalized spacial score (nSPS) is 29.6. The first-order valence-electron chi connectivity index (χ1n) is 4.79. The van der Waals surface area contributed by atoms with E-state index in [-0.39, 0.29) is 0 Å². The summed E-state index contributed by atoms with van der Waals surface area (Å²) in [6, 6.07) is 10.3. The van der Waals surface area contributed by atoms with Crippen LogP contribution in [0, 0.1) is 11.3 Å². The van der Waals surface area contributed by atoms with Crippen molar-refractivity contribution in [3.05, 3.63) is 35.4 Å². The van der Waals surface area contributed by atoms with E-state index in [4.69, 9.17) is 4.74 Å². The zero-order valence-corrected chi connectivity index (χ0v) is 8.45. The maximum absolute atomic E-state index is 9.21. The first-order chi connectivity index (χ1) is 6.73. The predicted octanol–water partition coefficient (Wildman–Crippen LogP) is 2.56. The summed E-state index contributed by atoms with van der Waals surface area (Å²) in [6.45, 7) is 2.14. The van der Waals surface area contributed by atoms with E-state index in [0.717, 1.165) is 12.0 Å². The van der Waals surface area contributed by atoms with E-state index < -0.39 is 5.60 Å². The third-order valence-corrected chi connectivity index (χ3v) is 3.05. The molecule has 0 spiro atoms. The van der Waals surface area contributed by atoms with Crippen LogP contribution in [-0.2, 0) is 10.3 Å². The van der Waals surface area contributed by atoms with Crippen LogP contribution >= 0.6 is 0 Å². The van der Waals surface area contributed by atoms with Crippen molar-refractivity contribution < 1.29 is 4.74 Å². The van der Waals surface area contributed by atoms with Crippen LogP contribution in [0.3, 0.4) is 0 Å². The Labute approximate surface area is 84.1 Å². The Morgan fingerprint density at radius 1 is 1.50 bits per heavy atom. The van der Waals surface area contributed by atoms with Gasteiger partial charge in [0.2, 0.25) is 0 Å². The lowest BCUT2D eigenvalue weighted by molar-refractivity contribution is 0.0346. The summed E-state index contributed by atoms with van der Waals surface area (Å²) in [7, 11) is 1.61. The largest absolute Gasteiger partial charge is 0.359 e. The van der Waals surface area contributed by atoms with Crippen molar-refractivity contribution >= 4 is 0 Å². The summed E-state index contributed by atoms with van der Waals surface area (Å²) in [5.74, 6) is 0.408. The van der Waals surface area contributed by atoms with E-state index in [0.29, 0.717) is 5.92 Å². The highest BCUT2D eigenvalue weighted by molar-refractivity contribution is 5.44. The smallest absolute Gasteiger partial charge is 0.180 e. The standard InChI is InChI=1S/C12H13NO/c1-9-7-12(8-13,14-2)11-6-4-3-5-10(9)11/h3-6,9H,7H2,1-2H3. The molecule has 0 fully saturated rings. The molecule has 0 amide bonds. The Kier molecular flexibility index (Phi) is 2.05. The molecular formula is C12H13NO. The minimum Gasteiger partial charge on any atom is -0.359 e. The Morgan fingerprint density at radius 2 is 2.21 bits per heavy atom. The number of benzene rings is 1. The van der Waals surface area contributed by atoms with Gasteiger partial charge in [-0.05, 0) is 11.5 Å². The van der Waals surface area contributed by atoms with Crippen LogP contribution in [0.15, 0.2) is 24.3 Å². The van der Waals surface area contributed by atoms with Crippen LogP contribution in [0.5, 0.6) is 0 Å². The van der Waals surface area contributed by atoms with Crippen LogP contribution in [0.4, 0.5) is 0 Å². The van der Waals surface area contributed by atoms with Gasteiger partial charge in [-0.25, -0.2) is 0 Å². The van der Waals surface area contributed by atoms with Crippen molar-refractivity contribution in [1.29, 1.82) is 5.26 Å². The van der Waals surface area contributed by atoms with Gasteiger partial charge in [-0.1, -0.05) is 31.2 Å². The number of rotatable bonds is 1. The lowest BCUT2D eigenvalue weighted by atomic mass is 9.97.